The lowest BCUT2D eigenvalue weighted by Crippen LogP contribution is -2.40. The molecule has 2 amide bonds. The summed E-state index contributed by atoms with van der Waals surface area (Å²) in [5.74, 6) is 4.48. The number of benzene rings is 1. The van der Waals surface area contributed by atoms with E-state index in [9.17, 15) is 37.9 Å². The zero-order chi connectivity index (χ0) is 47.5. The molecule has 6 atom stereocenters. The zero-order valence-corrected chi connectivity index (χ0v) is 36.7. The maximum absolute atomic E-state index is 12.8. The Bertz CT molecular complexity index is 2330. The van der Waals surface area contributed by atoms with E-state index in [1.54, 1.807) is 24.3 Å². The van der Waals surface area contributed by atoms with Gasteiger partial charge < -0.3 is 64.9 Å². The number of hydrogen-bond donors (Lipinski definition) is 8. The first-order valence-corrected chi connectivity index (χ1v) is 23.6. The second-order valence-electron chi connectivity index (χ2n) is 13.4. The van der Waals surface area contributed by atoms with Gasteiger partial charge in [0.1, 0.15) is 43.8 Å². The number of azide groups is 2. The largest absolute Gasteiger partial charge is 0.491 e. The third-order valence-electron chi connectivity index (χ3n) is 8.69. The summed E-state index contributed by atoms with van der Waals surface area (Å²) in [5.41, 5.74) is 22.9. The van der Waals surface area contributed by atoms with Crippen molar-refractivity contribution in [1.82, 2.24) is 25.5 Å². The molecule has 2 aliphatic rings. The summed E-state index contributed by atoms with van der Waals surface area (Å²) >= 11 is 0. The van der Waals surface area contributed by atoms with E-state index in [0.717, 1.165) is 23.6 Å². The van der Waals surface area contributed by atoms with E-state index < -0.39 is 79.7 Å². The maximum atomic E-state index is 12.8. The van der Waals surface area contributed by atoms with Gasteiger partial charge in [0.2, 0.25) is 5.91 Å². The van der Waals surface area contributed by atoms with Gasteiger partial charge in [-0.3, -0.25) is 18.7 Å². The smallest absolute Gasteiger partial charge is 0.490 e. The van der Waals surface area contributed by atoms with E-state index in [2.05, 4.69) is 66.0 Å². The Morgan fingerprint density at radius 1 is 1.08 bits per heavy atom. The first-order valence-electron chi connectivity index (χ1n) is 19.1. The number of phosphoric acid groups is 3. The molecule has 2 fully saturated rings. The molecule has 1 aromatic carbocycles. The minimum Gasteiger partial charge on any atom is -0.491 e. The number of ether oxygens (including phenoxy) is 5. The summed E-state index contributed by atoms with van der Waals surface area (Å²) in [6.45, 7) is -1.36. The number of phosphoric ester groups is 1. The highest BCUT2D eigenvalue weighted by Crippen LogP contribution is 2.66. The Balaban J connectivity index is 1.21. The summed E-state index contributed by atoms with van der Waals surface area (Å²) in [6.07, 6.45) is -0.355. The highest BCUT2D eigenvalue weighted by molar-refractivity contribution is 7.66. The lowest BCUT2D eigenvalue weighted by molar-refractivity contribution is -0.126. The number of anilines is 1. The van der Waals surface area contributed by atoms with Gasteiger partial charge in [-0.1, -0.05) is 34.6 Å². The number of nitrogen functional groups attached to an aromatic ring is 1. The Labute approximate surface area is 368 Å². The molecule has 4 unspecified atom stereocenters. The van der Waals surface area contributed by atoms with Crippen LogP contribution in [0.1, 0.15) is 47.8 Å². The Hall–Kier alpha value is -4.97. The molecule has 2 aromatic rings. The van der Waals surface area contributed by atoms with Gasteiger partial charge >= 0.3 is 29.2 Å². The van der Waals surface area contributed by atoms with Gasteiger partial charge in [0.25, 0.3) is 5.91 Å². The van der Waals surface area contributed by atoms with Crippen LogP contribution in [0.5, 0.6) is 5.75 Å². The van der Waals surface area contributed by atoms with Crippen LogP contribution in [-0.2, 0) is 50.6 Å². The maximum Gasteiger partial charge on any atom is 0.490 e. The molecule has 2 heterocycles. The van der Waals surface area contributed by atoms with Gasteiger partial charge in [0.15, 0.2) is 6.23 Å². The van der Waals surface area contributed by atoms with Gasteiger partial charge in [-0.05, 0) is 42.1 Å². The van der Waals surface area contributed by atoms with Crippen molar-refractivity contribution in [3.8, 4) is 17.6 Å². The number of rotatable bonds is 27. The van der Waals surface area contributed by atoms with Crippen LogP contribution in [0.25, 0.3) is 20.9 Å². The number of hydrogen-bond acceptors (Lipinski definition) is 19. The number of nitrogens with two attached hydrogens (primary N) is 1. The molecular formula is C32H45N12O18P3. The van der Waals surface area contributed by atoms with Crippen molar-refractivity contribution in [2.75, 3.05) is 65.1 Å². The average Bonchev–Trinajstić information content (AvgIpc) is 3.61. The highest BCUT2D eigenvalue weighted by Gasteiger charge is 2.43. The Kier molecular flexibility index (Phi) is 20.8. The van der Waals surface area contributed by atoms with Crippen LogP contribution in [0.4, 0.5) is 5.82 Å². The molecule has 0 radical (unpaired) electrons. The van der Waals surface area contributed by atoms with E-state index in [1.807, 2.05) is 0 Å². The van der Waals surface area contributed by atoms with Crippen LogP contribution in [-0.4, -0.2) is 125 Å². The summed E-state index contributed by atoms with van der Waals surface area (Å²) in [6, 6.07) is 6.98. The minimum atomic E-state index is -5.82. The number of carbonyl (C=O) groups is 2. The third kappa shape index (κ3) is 19.2. The average molecular weight is 979 g/mol. The predicted molar refractivity (Wildman–Crippen MR) is 220 cm³/mol. The number of nitrogens with one attached hydrogen (secondary N) is 3. The van der Waals surface area contributed by atoms with Crippen LogP contribution in [0.3, 0.4) is 0 Å². The topological polar surface area (TPSA) is 435 Å². The van der Waals surface area contributed by atoms with Crippen molar-refractivity contribution in [3.05, 3.63) is 73.0 Å². The van der Waals surface area contributed by atoms with Crippen LogP contribution >= 0.6 is 23.5 Å². The molecule has 30 nitrogen and oxygen atoms in total. The molecule has 1 aromatic heterocycles. The summed E-state index contributed by atoms with van der Waals surface area (Å²) in [4.78, 5) is 83.3. The van der Waals surface area contributed by atoms with E-state index >= 15 is 0 Å². The number of nitrogens with zero attached hydrogens (tertiary/aromatic N) is 8. The van der Waals surface area contributed by atoms with Crippen molar-refractivity contribution in [2.45, 2.75) is 56.4 Å². The monoisotopic (exact) mass is 978 g/mol. The standard InChI is InChI=1S/C32H45N12O18P3/c33-30-22(16-44(32(47)40-30)29-15-25(58-20-39-42-34)26(60-29)17-59-64(51,52)62-65(53,54)61-63(48,49)50)5-3-9-37-27(45)18-55-12-13-56-28(41-43-35)19-57-24-8-1-4-21(14-24)31(46)38-11-10-36-23-6-2-7-23/h1,4,8,14,16,23,25-26,28-29,36H,2,6-7,9-13,15,17-20H2,(H,37,45)(H,38,46)(H,51,52)(H,53,54)(H2,33,40,47)(H2,48,49,50)/t25?,26-,28?,29-/m1/s1. The molecule has 1 saturated carbocycles. The Morgan fingerprint density at radius 3 is 2.57 bits per heavy atom. The fourth-order valence-corrected chi connectivity index (χ4v) is 8.61. The van der Waals surface area contributed by atoms with Crippen LogP contribution < -0.4 is 32.1 Å². The minimum absolute atomic E-state index is 0.00155. The van der Waals surface area contributed by atoms with Crippen molar-refractivity contribution in [3.63, 3.8) is 0 Å². The van der Waals surface area contributed by atoms with Gasteiger partial charge in [-0.15, -0.1) is 0 Å². The number of carbonyl (C=O) groups excluding carboxylic acids is 2. The van der Waals surface area contributed by atoms with Crippen LogP contribution in [0, 0.1) is 11.8 Å². The third-order valence-corrected chi connectivity index (χ3v) is 12.5. The van der Waals surface area contributed by atoms with Gasteiger partial charge in [0, 0.05) is 47.1 Å². The highest BCUT2D eigenvalue weighted by atomic mass is 31.3. The van der Waals surface area contributed by atoms with Gasteiger partial charge in [-0.2, -0.15) is 13.6 Å². The predicted octanol–water partition coefficient (Wildman–Crippen LogP) is 1.20. The van der Waals surface area contributed by atoms with Crippen molar-refractivity contribution in [2.24, 2.45) is 10.2 Å². The van der Waals surface area contributed by atoms with Crippen molar-refractivity contribution < 1.29 is 79.7 Å². The molecule has 1 saturated heterocycles. The zero-order valence-electron chi connectivity index (χ0n) is 34.0. The van der Waals surface area contributed by atoms with E-state index in [1.165, 1.54) is 6.42 Å². The van der Waals surface area contributed by atoms with Crippen LogP contribution in [0.2, 0.25) is 0 Å². The molecule has 4 rings (SSSR count). The molecule has 9 N–H and O–H groups in total. The molecular weight excluding hydrogens is 933 g/mol. The second-order valence-corrected chi connectivity index (χ2v) is 17.8. The SMILES string of the molecule is [N-]=[N+]=NCOC1C[C@H](n2cc(C#CCNC(=O)COCCOC(COc3cccc(C(=O)NCCNC4CCC4)c3)N=[N+]=[N-])c(N)nc2=O)O[C@@H]1COP(=O)(O)OP(=O)(O)OP(=O)(O)O. The second kappa shape index (κ2) is 25.7. The number of aromatic nitrogens is 2. The quantitative estimate of drug-likeness (QED) is 0.0156. The fraction of sp³-hybridized carbons (Fsp3) is 0.562. The van der Waals surface area contributed by atoms with Crippen molar-refractivity contribution >= 4 is 41.1 Å². The molecule has 0 spiro atoms. The molecule has 356 valence electrons. The van der Waals surface area contributed by atoms with Gasteiger partial charge in [0.05, 0.1) is 38.0 Å². The van der Waals surface area contributed by atoms with E-state index in [0.29, 0.717) is 30.4 Å². The first-order chi connectivity index (χ1) is 30.9. The Morgan fingerprint density at radius 2 is 1.86 bits per heavy atom. The molecule has 65 heavy (non-hydrogen) atoms. The van der Waals surface area contributed by atoms with E-state index in [4.69, 9.17) is 50.3 Å². The lowest BCUT2D eigenvalue weighted by Gasteiger charge is -2.26. The normalized spacial score (nSPS) is 19.4. The summed E-state index contributed by atoms with van der Waals surface area (Å²) in [5, 5.41) is 15.5. The first kappa shape index (κ1) is 52.7. The fourth-order valence-electron chi connectivity index (χ4n) is 5.58. The summed E-state index contributed by atoms with van der Waals surface area (Å²) in [7, 11) is -17.0. The van der Waals surface area contributed by atoms with Gasteiger partial charge in [-0.25, -0.2) is 18.5 Å². The molecule has 0 bridgehead atoms. The summed E-state index contributed by atoms with van der Waals surface area (Å²) < 4.78 is 75.4. The van der Waals surface area contributed by atoms with E-state index in [-0.39, 0.29) is 50.1 Å². The molecule has 33 heteroatoms. The molecule has 1 aliphatic heterocycles. The molecule has 1 aliphatic carbocycles. The van der Waals surface area contributed by atoms with Crippen LogP contribution in [0.15, 0.2) is 45.5 Å². The lowest BCUT2D eigenvalue weighted by atomic mass is 9.93. The van der Waals surface area contributed by atoms with Crippen molar-refractivity contribution in [1.29, 1.82) is 0 Å². The number of amides is 2.